The van der Waals surface area contributed by atoms with E-state index in [0.29, 0.717) is 17.2 Å². The Bertz CT molecular complexity index is 613. The van der Waals surface area contributed by atoms with Gasteiger partial charge in [-0.25, -0.2) is 14.8 Å². The number of rotatable bonds is 3. The minimum absolute atomic E-state index is 0.0298. The van der Waals surface area contributed by atoms with Gasteiger partial charge in [0.15, 0.2) is 0 Å². The number of nitrogen functional groups attached to an aromatic ring is 1. The second kappa shape index (κ2) is 4.55. The smallest absolute Gasteiger partial charge is 0.364 e. The third kappa shape index (κ3) is 2.22. The van der Waals surface area contributed by atoms with Crippen LogP contribution in [0.1, 0.15) is 31.3 Å². The van der Waals surface area contributed by atoms with Crippen LogP contribution in [0.15, 0.2) is 11.0 Å². The second-order valence-electron chi connectivity index (χ2n) is 4.29. The van der Waals surface area contributed by atoms with Crippen molar-refractivity contribution >= 4 is 5.82 Å². The maximum absolute atomic E-state index is 11.9. The Morgan fingerprint density at radius 3 is 2.67 bits per heavy atom. The van der Waals surface area contributed by atoms with Crippen LogP contribution in [0.3, 0.4) is 0 Å². The predicted octanol–water partition coefficient (Wildman–Crippen LogP) is -0.250. The molecule has 8 heteroatoms. The van der Waals surface area contributed by atoms with Crippen LogP contribution in [0.5, 0.6) is 0 Å². The van der Waals surface area contributed by atoms with Gasteiger partial charge in [-0.3, -0.25) is 0 Å². The van der Waals surface area contributed by atoms with E-state index >= 15 is 0 Å². The first-order valence-corrected chi connectivity index (χ1v) is 5.59. The highest BCUT2D eigenvalue weighted by Crippen LogP contribution is 2.07. The minimum atomic E-state index is -0.273. The molecule has 0 fully saturated rings. The van der Waals surface area contributed by atoms with Crippen LogP contribution in [-0.4, -0.2) is 29.8 Å². The number of nitrogens with zero attached hydrogens (tertiary/aromatic N) is 6. The van der Waals surface area contributed by atoms with E-state index in [9.17, 15) is 4.79 Å². The number of aromatic nitrogens is 6. The van der Waals surface area contributed by atoms with Crippen molar-refractivity contribution < 1.29 is 0 Å². The molecule has 0 bridgehead atoms. The van der Waals surface area contributed by atoms with E-state index in [0.717, 1.165) is 0 Å². The van der Waals surface area contributed by atoms with Crippen LogP contribution >= 0.6 is 0 Å². The summed E-state index contributed by atoms with van der Waals surface area (Å²) in [5, 5.41) is 7.60. The first kappa shape index (κ1) is 12.2. The third-order valence-corrected chi connectivity index (χ3v) is 2.49. The quantitative estimate of drug-likeness (QED) is 0.804. The van der Waals surface area contributed by atoms with Gasteiger partial charge in [0.2, 0.25) is 0 Å². The summed E-state index contributed by atoms with van der Waals surface area (Å²) in [4.78, 5) is 20.0. The lowest BCUT2D eigenvalue weighted by atomic mass is 10.3. The van der Waals surface area contributed by atoms with Crippen molar-refractivity contribution in [3.63, 3.8) is 0 Å². The molecule has 0 aromatic carbocycles. The molecule has 0 saturated heterocycles. The monoisotopic (exact) mass is 249 g/mol. The average molecular weight is 249 g/mol. The van der Waals surface area contributed by atoms with Gasteiger partial charge in [-0.1, -0.05) is 0 Å². The molecule has 0 spiro atoms. The minimum Gasteiger partial charge on any atom is -0.383 e. The lowest BCUT2D eigenvalue weighted by Gasteiger charge is -2.04. The molecule has 2 aromatic heterocycles. The van der Waals surface area contributed by atoms with Gasteiger partial charge in [-0.05, 0) is 31.2 Å². The van der Waals surface area contributed by atoms with Crippen LogP contribution in [0.25, 0.3) is 0 Å². The van der Waals surface area contributed by atoms with Gasteiger partial charge in [0, 0.05) is 11.8 Å². The zero-order valence-electron chi connectivity index (χ0n) is 10.5. The molecule has 18 heavy (non-hydrogen) atoms. The van der Waals surface area contributed by atoms with Crippen LogP contribution in [0.2, 0.25) is 0 Å². The molecule has 0 radical (unpaired) electrons. The number of anilines is 1. The van der Waals surface area contributed by atoms with E-state index in [1.165, 1.54) is 9.36 Å². The third-order valence-electron chi connectivity index (χ3n) is 2.49. The first-order valence-electron chi connectivity index (χ1n) is 5.59. The SMILES string of the molecule is Cc1ncc(Cn2nnn(C(C)C)c2=O)c(N)n1. The van der Waals surface area contributed by atoms with Crippen molar-refractivity contribution in [2.75, 3.05) is 5.73 Å². The van der Waals surface area contributed by atoms with Crippen molar-refractivity contribution in [1.82, 2.24) is 29.8 Å². The summed E-state index contributed by atoms with van der Waals surface area (Å²) in [7, 11) is 0. The highest BCUT2D eigenvalue weighted by molar-refractivity contribution is 5.37. The van der Waals surface area contributed by atoms with Crippen LogP contribution in [-0.2, 0) is 6.54 Å². The molecule has 0 atom stereocenters. The van der Waals surface area contributed by atoms with Gasteiger partial charge in [-0.15, -0.1) is 0 Å². The molecule has 2 rings (SSSR count). The number of hydrogen-bond acceptors (Lipinski definition) is 6. The fraction of sp³-hybridized carbons (Fsp3) is 0.500. The Hall–Kier alpha value is -2.25. The Kier molecular flexibility index (Phi) is 3.09. The van der Waals surface area contributed by atoms with Gasteiger partial charge in [0.05, 0.1) is 12.6 Å². The van der Waals surface area contributed by atoms with Crippen molar-refractivity contribution in [1.29, 1.82) is 0 Å². The average Bonchev–Trinajstić information content (AvgIpc) is 2.64. The van der Waals surface area contributed by atoms with Crippen LogP contribution in [0.4, 0.5) is 5.82 Å². The summed E-state index contributed by atoms with van der Waals surface area (Å²) < 4.78 is 2.55. The largest absolute Gasteiger partial charge is 0.383 e. The number of nitrogens with two attached hydrogens (primary N) is 1. The van der Waals surface area contributed by atoms with Crippen molar-refractivity contribution in [3.8, 4) is 0 Å². The molecule has 2 aromatic rings. The Labute approximate surface area is 103 Å². The molecule has 2 N–H and O–H groups in total. The Morgan fingerprint density at radius 1 is 1.39 bits per heavy atom. The zero-order valence-corrected chi connectivity index (χ0v) is 10.5. The Morgan fingerprint density at radius 2 is 2.11 bits per heavy atom. The fourth-order valence-electron chi connectivity index (χ4n) is 1.51. The molecule has 0 aliphatic carbocycles. The molecule has 2 heterocycles. The summed E-state index contributed by atoms with van der Waals surface area (Å²) >= 11 is 0. The van der Waals surface area contributed by atoms with Gasteiger partial charge >= 0.3 is 5.69 Å². The number of hydrogen-bond donors (Lipinski definition) is 1. The molecular weight excluding hydrogens is 234 g/mol. The predicted molar refractivity (Wildman–Crippen MR) is 65.0 cm³/mol. The normalized spacial score (nSPS) is 11.1. The molecule has 0 amide bonds. The van der Waals surface area contributed by atoms with Crippen LogP contribution < -0.4 is 11.4 Å². The van der Waals surface area contributed by atoms with Gasteiger partial charge in [0.1, 0.15) is 11.6 Å². The zero-order chi connectivity index (χ0) is 13.3. The van der Waals surface area contributed by atoms with Gasteiger partial charge < -0.3 is 5.73 Å². The fourth-order valence-corrected chi connectivity index (χ4v) is 1.51. The summed E-state index contributed by atoms with van der Waals surface area (Å²) in [6.07, 6.45) is 1.60. The van der Waals surface area contributed by atoms with E-state index in [1.54, 1.807) is 13.1 Å². The summed E-state index contributed by atoms with van der Waals surface area (Å²) in [6.45, 7) is 5.70. The maximum atomic E-state index is 11.9. The second-order valence-corrected chi connectivity index (χ2v) is 4.29. The van der Waals surface area contributed by atoms with E-state index in [-0.39, 0.29) is 18.3 Å². The summed E-state index contributed by atoms with van der Waals surface area (Å²) in [5.74, 6) is 0.947. The molecule has 96 valence electrons. The first-order chi connectivity index (χ1) is 8.49. The molecule has 0 aliphatic heterocycles. The lowest BCUT2D eigenvalue weighted by molar-refractivity contribution is 0.499. The molecule has 0 aliphatic rings. The lowest BCUT2D eigenvalue weighted by Crippen LogP contribution is -2.27. The van der Waals surface area contributed by atoms with Crippen LogP contribution in [0, 0.1) is 6.92 Å². The number of tetrazole rings is 1. The highest BCUT2D eigenvalue weighted by atomic mass is 16.2. The van der Waals surface area contributed by atoms with Crippen molar-refractivity contribution in [2.45, 2.75) is 33.4 Å². The maximum Gasteiger partial charge on any atom is 0.364 e. The van der Waals surface area contributed by atoms with Gasteiger partial charge in [0.25, 0.3) is 0 Å². The Balaban J connectivity index is 2.32. The van der Waals surface area contributed by atoms with Crippen molar-refractivity contribution in [2.24, 2.45) is 0 Å². The number of aryl methyl sites for hydroxylation is 1. The van der Waals surface area contributed by atoms with Gasteiger partial charge in [-0.2, -0.15) is 9.36 Å². The standard InChI is InChI=1S/C10H15N7O/c1-6(2)17-10(18)16(14-15-17)5-8-4-12-7(3)13-9(8)11/h4,6H,5H2,1-3H3,(H2,11,12,13). The molecular formula is C10H15N7O. The van der Waals surface area contributed by atoms with E-state index in [4.69, 9.17) is 5.73 Å². The highest BCUT2D eigenvalue weighted by Gasteiger charge is 2.11. The molecule has 0 unspecified atom stereocenters. The molecule has 0 saturated carbocycles. The topological polar surface area (TPSA) is 105 Å². The van der Waals surface area contributed by atoms with E-state index in [2.05, 4.69) is 20.4 Å². The van der Waals surface area contributed by atoms with E-state index in [1.807, 2.05) is 13.8 Å². The molecule has 8 nitrogen and oxygen atoms in total. The summed E-state index contributed by atoms with van der Waals surface area (Å²) in [5.41, 5.74) is 6.14. The van der Waals surface area contributed by atoms with Crippen molar-refractivity contribution in [3.05, 3.63) is 28.1 Å². The summed E-state index contributed by atoms with van der Waals surface area (Å²) in [6, 6.07) is -0.0298. The van der Waals surface area contributed by atoms with E-state index < -0.39 is 0 Å².